The summed E-state index contributed by atoms with van der Waals surface area (Å²) in [4.78, 5) is 18.0. The monoisotopic (exact) mass is 445 g/mol. The average Bonchev–Trinajstić information content (AvgIpc) is 2.70. The summed E-state index contributed by atoms with van der Waals surface area (Å²) >= 11 is 7.09. The third kappa shape index (κ3) is 3.50. The highest BCUT2D eigenvalue weighted by Crippen LogP contribution is 2.34. The molecule has 1 fully saturated rings. The Bertz CT molecular complexity index is 634. The first kappa shape index (κ1) is 17.0. The molecule has 7 heteroatoms. The van der Waals surface area contributed by atoms with Gasteiger partial charge in [0, 0.05) is 25.6 Å². The first-order valence-corrected chi connectivity index (χ1v) is 9.69. The van der Waals surface area contributed by atoms with E-state index < -0.39 is 0 Å². The van der Waals surface area contributed by atoms with E-state index in [0.717, 1.165) is 20.4 Å². The number of fused-ring (bicyclic) bond motifs is 1. The van der Waals surface area contributed by atoms with Gasteiger partial charge in [0.2, 0.25) is 0 Å². The van der Waals surface area contributed by atoms with Crippen molar-refractivity contribution in [3.63, 3.8) is 0 Å². The Morgan fingerprint density at radius 1 is 1.30 bits per heavy atom. The number of hydrogen-bond acceptors (Lipinski definition) is 3. The predicted octanol–water partition coefficient (Wildman–Crippen LogP) is 3.98. The highest BCUT2D eigenvalue weighted by Gasteiger charge is 2.29. The van der Waals surface area contributed by atoms with Gasteiger partial charge in [-0.05, 0) is 50.6 Å². The van der Waals surface area contributed by atoms with Crippen molar-refractivity contribution in [1.82, 2.24) is 9.88 Å². The summed E-state index contributed by atoms with van der Waals surface area (Å²) in [5, 5.41) is 7.30. The Balaban J connectivity index is 1.82. The van der Waals surface area contributed by atoms with Gasteiger partial charge in [-0.15, -0.1) is 0 Å². The van der Waals surface area contributed by atoms with Crippen LogP contribution in [-0.2, 0) is 11.9 Å². The van der Waals surface area contributed by atoms with E-state index >= 15 is 0 Å². The number of nitrogens with zero attached hydrogens (tertiary/aromatic N) is 2. The van der Waals surface area contributed by atoms with Crippen LogP contribution in [0.4, 0.5) is 0 Å². The fourth-order valence-electron chi connectivity index (χ4n) is 3.32. The van der Waals surface area contributed by atoms with Crippen molar-refractivity contribution >= 4 is 43.5 Å². The third-order valence-corrected chi connectivity index (χ3v) is 6.86. The zero-order chi connectivity index (χ0) is 16.4. The fraction of sp³-hybridized carbons (Fsp3) is 0.625. The number of halogens is 2. The molecule has 1 saturated carbocycles. The van der Waals surface area contributed by atoms with Crippen molar-refractivity contribution in [2.75, 3.05) is 13.2 Å². The van der Waals surface area contributed by atoms with Gasteiger partial charge in [-0.3, -0.25) is 4.79 Å². The average molecular weight is 447 g/mol. The van der Waals surface area contributed by atoms with Gasteiger partial charge in [0.15, 0.2) is 0 Å². The normalized spacial score (nSPS) is 21.0. The second-order valence-corrected chi connectivity index (χ2v) is 7.78. The van der Waals surface area contributed by atoms with Crippen LogP contribution in [0.1, 0.15) is 54.6 Å². The summed E-state index contributed by atoms with van der Waals surface area (Å²) in [6.45, 7) is 1.25. The summed E-state index contributed by atoms with van der Waals surface area (Å²) in [7, 11) is 1.86. The summed E-state index contributed by atoms with van der Waals surface area (Å²) in [6, 6.07) is 0. The lowest BCUT2D eigenvalue weighted by Gasteiger charge is -2.20. The molecule has 0 radical (unpaired) electrons. The second-order valence-electron chi connectivity index (χ2n) is 6.23. The number of nitrogens with one attached hydrogen (secondary N) is 1. The number of hydrogen-bond donors (Lipinski definition) is 1. The summed E-state index contributed by atoms with van der Waals surface area (Å²) < 4.78 is 3.52. The van der Waals surface area contributed by atoms with Crippen LogP contribution in [0.2, 0.25) is 0 Å². The number of amides is 1. The third-order valence-electron chi connectivity index (χ3n) is 4.63. The van der Waals surface area contributed by atoms with E-state index in [9.17, 15) is 4.79 Å². The van der Waals surface area contributed by atoms with Crippen LogP contribution in [0.3, 0.4) is 0 Å². The molecule has 1 aliphatic heterocycles. The molecule has 0 saturated heterocycles. The number of carbonyl (C=O) groups is 1. The predicted molar refractivity (Wildman–Crippen MR) is 96.8 cm³/mol. The number of aromatic nitrogens is 1. The van der Waals surface area contributed by atoms with Crippen LogP contribution in [0.5, 0.6) is 0 Å². The molecule has 3 rings (SSSR count). The van der Waals surface area contributed by atoms with E-state index in [1.807, 2.05) is 11.6 Å². The number of rotatable bonds is 3. The van der Waals surface area contributed by atoms with Crippen molar-refractivity contribution in [2.45, 2.75) is 38.5 Å². The first-order valence-electron chi connectivity index (χ1n) is 8.10. The molecular formula is C16H21Br2N3O2. The molecule has 1 aromatic heterocycles. The van der Waals surface area contributed by atoms with Crippen LogP contribution >= 0.6 is 31.9 Å². The maximum absolute atomic E-state index is 12.3. The van der Waals surface area contributed by atoms with E-state index in [1.165, 1.54) is 32.1 Å². The van der Waals surface area contributed by atoms with Crippen molar-refractivity contribution < 1.29 is 9.63 Å². The van der Waals surface area contributed by atoms with Gasteiger partial charge in [0.05, 0.1) is 10.2 Å². The van der Waals surface area contributed by atoms with Gasteiger partial charge in [0.25, 0.3) is 5.91 Å². The van der Waals surface area contributed by atoms with Gasteiger partial charge < -0.3 is 14.7 Å². The second kappa shape index (κ2) is 7.38. The van der Waals surface area contributed by atoms with Crippen LogP contribution < -0.4 is 5.32 Å². The zero-order valence-electron chi connectivity index (χ0n) is 13.2. The van der Waals surface area contributed by atoms with Crippen LogP contribution in [-0.4, -0.2) is 29.3 Å². The molecule has 0 unspecified atom stereocenters. The molecule has 0 aromatic carbocycles. The van der Waals surface area contributed by atoms with E-state index in [1.54, 1.807) is 0 Å². The lowest BCUT2D eigenvalue weighted by Crippen LogP contribution is -2.24. The molecular weight excluding hydrogens is 426 g/mol. The quantitative estimate of drug-likeness (QED) is 0.713. The highest BCUT2D eigenvalue weighted by molar-refractivity contribution is 9.13. The minimum Gasteiger partial charge on any atom is -0.395 e. The Morgan fingerprint density at radius 2 is 2.04 bits per heavy atom. The zero-order valence-corrected chi connectivity index (χ0v) is 16.4. The standard InChI is InChI=1S/C16H21Br2N3O2/c1-21-14-12(13(17)15(21)18)11(7-8-19-16(14)22)20-23-9-10-5-3-2-4-6-10/h10H,2-9H2,1H3,(H,19,22)/b20-11+. The molecule has 2 aliphatic rings. The van der Waals surface area contributed by atoms with Crippen LogP contribution in [0, 0.1) is 5.92 Å². The first-order chi connectivity index (χ1) is 11.1. The van der Waals surface area contributed by atoms with E-state index in [0.29, 0.717) is 31.2 Å². The maximum Gasteiger partial charge on any atom is 0.268 e. The Hall–Kier alpha value is -0.820. The fourth-order valence-corrected chi connectivity index (χ4v) is 4.38. The minimum atomic E-state index is -0.0774. The molecule has 126 valence electrons. The number of oxime groups is 1. The molecule has 1 aromatic rings. The smallest absolute Gasteiger partial charge is 0.268 e. The largest absolute Gasteiger partial charge is 0.395 e. The van der Waals surface area contributed by atoms with Crippen LogP contribution in [0.25, 0.3) is 0 Å². The molecule has 0 bridgehead atoms. The molecule has 5 nitrogen and oxygen atoms in total. The van der Waals surface area contributed by atoms with Crippen molar-refractivity contribution in [3.05, 3.63) is 20.3 Å². The molecule has 0 atom stereocenters. The molecule has 1 N–H and O–H groups in total. The van der Waals surface area contributed by atoms with Gasteiger partial charge in [-0.25, -0.2) is 0 Å². The van der Waals surface area contributed by atoms with Gasteiger partial charge in [-0.1, -0.05) is 24.4 Å². The summed E-state index contributed by atoms with van der Waals surface area (Å²) in [6.07, 6.45) is 7.06. The topological polar surface area (TPSA) is 55.6 Å². The lowest BCUT2D eigenvalue weighted by molar-refractivity contribution is 0.0913. The SMILES string of the molecule is Cn1c(Br)c(Br)c2c1C(=O)NCC/C2=N\OCC1CCCCC1. The van der Waals surface area contributed by atoms with Crippen molar-refractivity contribution in [3.8, 4) is 0 Å². The van der Waals surface area contributed by atoms with E-state index in [4.69, 9.17) is 4.84 Å². The van der Waals surface area contributed by atoms with Crippen LogP contribution in [0.15, 0.2) is 14.2 Å². The molecule has 1 amide bonds. The Kier molecular flexibility index (Phi) is 5.46. The van der Waals surface area contributed by atoms with E-state index in [2.05, 4.69) is 42.3 Å². The number of carbonyl (C=O) groups excluding carboxylic acids is 1. The highest BCUT2D eigenvalue weighted by atomic mass is 79.9. The summed E-state index contributed by atoms with van der Waals surface area (Å²) in [5.74, 6) is 0.537. The van der Waals surface area contributed by atoms with Gasteiger partial charge >= 0.3 is 0 Å². The Morgan fingerprint density at radius 3 is 2.78 bits per heavy atom. The van der Waals surface area contributed by atoms with Crippen molar-refractivity contribution in [1.29, 1.82) is 0 Å². The maximum atomic E-state index is 12.3. The van der Waals surface area contributed by atoms with Gasteiger partial charge in [0.1, 0.15) is 16.9 Å². The Labute approximate surface area is 153 Å². The minimum absolute atomic E-state index is 0.0774. The molecule has 2 heterocycles. The molecule has 0 spiro atoms. The van der Waals surface area contributed by atoms with Crippen molar-refractivity contribution in [2.24, 2.45) is 18.1 Å². The van der Waals surface area contributed by atoms with E-state index in [-0.39, 0.29) is 5.91 Å². The molecule has 23 heavy (non-hydrogen) atoms. The molecule has 1 aliphatic carbocycles. The van der Waals surface area contributed by atoms with Gasteiger partial charge in [-0.2, -0.15) is 0 Å². The lowest BCUT2D eigenvalue weighted by atomic mass is 9.90. The summed E-state index contributed by atoms with van der Waals surface area (Å²) in [5.41, 5.74) is 2.27.